The average Bonchev–Trinajstić information content (AvgIpc) is 3.16. The maximum absolute atomic E-state index is 11.3. The van der Waals surface area contributed by atoms with E-state index in [0.29, 0.717) is 39.3 Å². The summed E-state index contributed by atoms with van der Waals surface area (Å²) in [5.41, 5.74) is 3.62. The van der Waals surface area contributed by atoms with Gasteiger partial charge in [0.05, 0.1) is 24.4 Å². The van der Waals surface area contributed by atoms with E-state index in [2.05, 4.69) is 19.6 Å². The Morgan fingerprint density at radius 1 is 0.320 bits per heavy atom. The first kappa shape index (κ1) is 37.8. The van der Waals surface area contributed by atoms with E-state index in [4.69, 9.17) is 0 Å². The molecule has 1 saturated heterocycles. The molecule has 268 valence electrons. The molecule has 1 aliphatic rings. The Bertz CT molecular complexity index is 1350. The van der Waals surface area contributed by atoms with E-state index in [9.17, 15) is 20.4 Å². The van der Waals surface area contributed by atoms with E-state index in [-0.39, 0.29) is 0 Å². The topological polar surface area (TPSA) is 93.9 Å². The maximum atomic E-state index is 11.3. The molecule has 0 aliphatic carbocycles. The Kier molecular flexibility index (Phi) is 15.4. The minimum absolute atomic E-state index is 0.490. The summed E-state index contributed by atoms with van der Waals surface area (Å²) < 4.78 is 0. The van der Waals surface area contributed by atoms with E-state index in [1.165, 1.54) is 0 Å². The van der Waals surface area contributed by atoms with Crippen molar-refractivity contribution in [2.45, 2.75) is 37.3 Å². The lowest BCUT2D eigenvalue weighted by molar-refractivity contribution is 0.0595. The van der Waals surface area contributed by atoms with Gasteiger partial charge < -0.3 is 20.4 Å². The van der Waals surface area contributed by atoms with Crippen molar-refractivity contribution < 1.29 is 20.4 Å². The lowest BCUT2D eigenvalue weighted by Gasteiger charge is -2.34. The molecular weight excluding hydrogens is 624 g/mol. The molecule has 8 heteroatoms. The Labute approximate surface area is 298 Å². The first-order chi connectivity index (χ1) is 24.4. The van der Waals surface area contributed by atoms with Gasteiger partial charge in [0.25, 0.3) is 0 Å². The van der Waals surface area contributed by atoms with E-state index in [1.807, 2.05) is 121 Å². The molecule has 0 saturated carbocycles. The van der Waals surface area contributed by atoms with Gasteiger partial charge in [-0.05, 0) is 48.2 Å². The maximum Gasteiger partial charge on any atom is 0.0916 e. The number of hydrogen-bond acceptors (Lipinski definition) is 8. The Morgan fingerprint density at radius 3 is 0.740 bits per heavy atom. The zero-order valence-electron chi connectivity index (χ0n) is 29.3. The van der Waals surface area contributed by atoms with Crippen molar-refractivity contribution in [2.24, 2.45) is 0 Å². The lowest BCUT2D eigenvalue weighted by Crippen LogP contribution is -2.45. The lowest BCUT2D eigenvalue weighted by atomic mass is 10.1. The smallest absolute Gasteiger partial charge is 0.0916 e. The monoisotopic (exact) mass is 680 g/mol. The molecule has 4 aromatic rings. The molecule has 1 aliphatic heterocycles. The Hall–Kier alpha value is -3.44. The average molecular weight is 681 g/mol. The normalized spacial score (nSPS) is 19.3. The van der Waals surface area contributed by atoms with E-state index in [1.54, 1.807) is 0 Å². The second kappa shape index (κ2) is 20.4. The minimum Gasteiger partial charge on any atom is -0.387 e. The van der Waals surface area contributed by atoms with Crippen LogP contribution in [0.3, 0.4) is 0 Å². The molecule has 4 atom stereocenters. The second-order valence-electron chi connectivity index (χ2n) is 13.6. The van der Waals surface area contributed by atoms with Crippen LogP contribution >= 0.6 is 0 Å². The number of hydrogen-bond donors (Lipinski definition) is 4. The van der Waals surface area contributed by atoms with Gasteiger partial charge in [0.15, 0.2) is 0 Å². The van der Waals surface area contributed by atoms with Crippen LogP contribution in [0.1, 0.15) is 59.5 Å². The Morgan fingerprint density at radius 2 is 0.520 bits per heavy atom. The number of aliphatic hydroxyl groups is 4. The number of nitrogens with zero attached hydrogens (tertiary/aromatic N) is 4. The van der Waals surface area contributed by atoms with Gasteiger partial charge in [-0.15, -0.1) is 0 Å². The van der Waals surface area contributed by atoms with Gasteiger partial charge >= 0.3 is 0 Å². The van der Waals surface area contributed by atoms with Crippen LogP contribution < -0.4 is 0 Å². The molecule has 0 spiro atoms. The van der Waals surface area contributed by atoms with Crippen molar-refractivity contribution >= 4 is 0 Å². The van der Waals surface area contributed by atoms with Crippen LogP contribution in [0.4, 0.5) is 0 Å². The summed E-state index contributed by atoms with van der Waals surface area (Å²) in [6.45, 7) is 8.19. The van der Waals surface area contributed by atoms with Crippen LogP contribution in [0.25, 0.3) is 0 Å². The highest BCUT2D eigenvalue weighted by Crippen LogP contribution is 2.19. The zero-order chi connectivity index (χ0) is 35.0. The minimum atomic E-state index is -0.628. The number of benzene rings is 4. The largest absolute Gasteiger partial charge is 0.387 e. The molecular formula is C42H56N4O4. The third kappa shape index (κ3) is 12.4. The molecule has 1 fully saturated rings. The predicted molar refractivity (Wildman–Crippen MR) is 201 cm³/mol. The van der Waals surface area contributed by atoms with Crippen molar-refractivity contribution in [3.63, 3.8) is 0 Å². The summed E-state index contributed by atoms with van der Waals surface area (Å²) in [6.07, 6.45) is -0.518. The van der Waals surface area contributed by atoms with E-state index >= 15 is 0 Å². The van der Waals surface area contributed by atoms with Crippen LogP contribution in [0.15, 0.2) is 121 Å². The molecule has 1 heterocycles. The molecule has 0 radical (unpaired) electrons. The van der Waals surface area contributed by atoms with Crippen molar-refractivity contribution in [1.29, 1.82) is 0 Å². The van der Waals surface area contributed by atoms with Crippen LogP contribution in [-0.4, -0.2) is 119 Å². The third-order valence-electron chi connectivity index (χ3n) is 9.86. The van der Waals surface area contributed by atoms with E-state index in [0.717, 1.165) is 74.4 Å². The zero-order valence-corrected chi connectivity index (χ0v) is 29.3. The van der Waals surface area contributed by atoms with Crippen molar-refractivity contribution in [1.82, 2.24) is 19.6 Å². The number of aliphatic hydroxyl groups excluding tert-OH is 4. The van der Waals surface area contributed by atoms with Gasteiger partial charge in [0, 0.05) is 65.4 Å². The second-order valence-corrected chi connectivity index (χ2v) is 13.6. The SMILES string of the molecule is O[C@H](CN1CCCCN(C[C@@H](O)c2ccccc2)CCN(C[C@@H](O)c2ccccc2)CCN(C[C@@H](O)c2ccccc2)CC1)c1ccccc1. The summed E-state index contributed by atoms with van der Waals surface area (Å²) in [4.78, 5) is 9.35. The van der Waals surface area contributed by atoms with Crippen LogP contribution in [-0.2, 0) is 0 Å². The van der Waals surface area contributed by atoms with Crippen molar-refractivity contribution in [3.8, 4) is 0 Å². The first-order valence-electron chi connectivity index (χ1n) is 18.3. The van der Waals surface area contributed by atoms with Crippen LogP contribution in [0.5, 0.6) is 0 Å². The first-order valence-corrected chi connectivity index (χ1v) is 18.3. The van der Waals surface area contributed by atoms with Crippen LogP contribution in [0.2, 0.25) is 0 Å². The van der Waals surface area contributed by atoms with Crippen molar-refractivity contribution in [2.75, 3.05) is 78.5 Å². The van der Waals surface area contributed by atoms with E-state index < -0.39 is 24.4 Å². The summed E-state index contributed by atoms with van der Waals surface area (Å²) >= 11 is 0. The molecule has 0 unspecified atom stereocenters. The highest BCUT2D eigenvalue weighted by Gasteiger charge is 2.22. The molecule has 50 heavy (non-hydrogen) atoms. The molecule has 0 amide bonds. The third-order valence-corrected chi connectivity index (χ3v) is 9.86. The van der Waals surface area contributed by atoms with Gasteiger partial charge in [-0.2, -0.15) is 0 Å². The van der Waals surface area contributed by atoms with Crippen LogP contribution in [0, 0.1) is 0 Å². The fraction of sp³-hybridized carbons (Fsp3) is 0.429. The Balaban J connectivity index is 1.35. The quantitative estimate of drug-likeness (QED) is 0.168. The molecule has 0 aromatic heterocycles. The number of β-amino-alcohol motifs (C(OH)–C–C–N with tert-alkyl or cyclic N) is 4. The number of rotatable bonds is 12. The highest BCUT2D eigenvalue weighted by molar-refractivity contribution is 5.20. The molecule has 0 bridgehead atoms. The molecule has 8 nitrogen and oxygen atoms in total. The van der Waals surface area contributed by atoms with Gasteiger partial charge in [-0.1, -0.05) is 121 Å². The summed E-state index contributed by atoms with van der Waals surface area (Å²) in [6, 6.07) is 39.4. The standard InChI is InChI=1S/C42H56N4O4/c47-39(35-15-5-1-6-16-35)31-43-23-13-14-24-44(32-40(48)36-17-7-2-8-18-36)26-28-46(34-42(50)38-21-11-4-12-22-38)30-29-45(27-25-43)33-41(49)37-19-9-3-10-20-37/h1-12,15-22,39-42,47-50H,13-14,23-34H2/t39-,40-,41-,42-/m1/s1. The van der Waals surface area contributed by atoms with Gasteiger partial charge in [-0.25, -0.2) is 0 Å². The predicted octanol–water partition coefficient (Wildman–Crippen LogP) is 4.92. The fourth-order valence-corrected chi connectivity index (χ4v) is 6.80. The van der Waals surface area contributed by atoms with Gasteiger partial charge in [0.1, 0.15) is 0 Å². The molecule has 5 rings (SSSR count). The molecule has 4 aromatic carbocycles. The summed E-state index contributed by atoms with van der Waals surface area (Å²) in [5, 5.41) is 45.0. The fourth-order valence-electron chi connectivity index (χ4n) is 6.80. The highest BCUT2D eigenvalue weighted by atomic mass is 16.3. The van der Waals surface area contributed by atoms with Gasteiger partial charge in [0.2, 0.25) is 0 Å². The summed E-state index contributed by atoms with van der Waals surface area (Å²) in [7, 11) is 0. The summed E-state index contributed by atoms with van der Waals surface area (Å²) in [5.74, 6) is 0. The van der Waals surface area contributed by atoms with Gasteiger partial charge in [-0.3, -0.25) is 19.6 Å². The van der Waals surface area contributed by atoms with Crippen molar-refractivity contribution in [3.05, 3.63) is 144 Å². The molecule has 4 N–H and O–H groups in total.